The van der Waals surface area contributed by atoms with Gasteiger partial charge in [0, 0.05) is 19.6 Å². The smallest absolute Gasteiger partial charge is 0.317 e. The molecule has 0 unspecified atom stereocenters. The third-order valence-corrected chi connectivity index (χ3v) is 5.11. The Labute approximate surface area is 148 Å². The van der Waals surface area contributed by atoms with Gasteiger partial charge in [-0.25, -0.2) is 9.18 Å². The number of rotatable bonds is 4. The van der Waals surface area contributed by atoms with Crippen molar-refractivity contribution < 1.29 is 14.0 Å². The molecule has 1 fully saturated rings. The Kier molecular flexibility index (Phi) is 5.56. The topological polar surface area (TPSA) is 61.4 Å². The van der Waals surface area contributed by atoms with Crippen LogP contribution >= 0.6 is 0 Å². The highest BCUT2D eigenvalue weighted by Crippen LogP contribution is 2.31. The molecule has 1 aromatic carbocycles. The molecular weight excluding hydrogens is 321 g/mol. The summed E-state index contributed by atoms with van der Waals surface area (Å²) in [6, 6.07) is 4.56. The fraction of sp³-hybridized carbons (Fsp3) is 0.579. The van der Waals surface area contributed by atoms with Crippen LogP contribution in [0.15, 0.2) is 18.2 Å². The minimum Gasteiger partial charge on any atom is -0.356 e. The lowest BCUT2D eigenvalue weighted by Gasteiger charge is -2.33. The van der Waals surface area contributed by atoms with Crippen LogP contribution in [0.3, 0.4) is 0 Å². The van der Waals surface area contributed by atoms with Crippen molar-refractivity contribution in [2.45, 2.75) is 45.1 Å². The van der Waals surface area contributed by atoms with Crippen LogP contribution < -0.4 is 10.6 Å². The lowest BCUT2D eigenvalue weighted by molar-refractivity contribution is -0.126. The highest BCUT2D eigenvalue weighted by atomic mass is 19.1. The van der Waals surface area contributed by atoms with Gasteiger partial charge < -0.3 is 15.5 Å². The van der Waals surface area contributed by atoms with Crippen LogP contribution in [0.4, 0.5) is 9.18 Å². The molecule has 2 N–H and O–H groups in total. The second kappa shape index (κ2) is 7.85. The first-order valence-corrected chi connectivity index (χ1v) is 9.20. The fourth-order valence-corrected chi connectivity index (χ4v) is 3.74. The number of nitrogens with one attached hydrogen (secondary N) is 2. The zero-order valence-electron chi connectivity index (χ0n) is 14.7. The predicted octanol–water partition coefficient (Wildman–Crippen LogP) is 2.76. The highest BCUT2D eigenvalue weighted by molar-refractivity contribution is 5.81. The molecule has 3 amide bonds. The number of urea groups is 1. The first-order valence-electron chi connectivity index (χ1n) is 9.20. The van der Waals surface area contributed by atoms with Gasteiger partial charge in [0.1, 0.15) is 5.82 Å². The molecule has 2 atom stereocenters. The summed E-state index contributed by atoms with van der Waals surface area (Å²) in [6.07, 6.45) is 4.14. The largest absolute Gasteiger partial charge is 0.356 e. The number of aryl methyl sites for hydroxylation is 1. The molecule has 136 valence electrons. The molecule has 0 bridgehead atoms. The molecule has 1 aliphatic carbocycles. The molecule has 1 aliphatic heterocycles. The van der Waals surface area contributed by atoms with Gasteiger partial charge in [-0.2, -0.15) is 0 Å². The van der Waals surface area contributed by atoms with Gasteiger partial charge >= 0.3 is 6.03 Å². The monoisotopic (exact) mass is 347 g/mol. The number of carbonyl (C=O) groups excluding carboxylic acids is 2. The Morgan fingerprint density at radius 1 is 1.32 bits per heavy atom. The number of nitrogens with zero attached hydrogens (tertiary/aromatic N) is 1. The Bertz CT molecular complexity index is 650. The van der Waals surface area contributed by atoms with Crippen molar-refractivity contribution >= 4 is 11.9 Å². The second-order valence-corrected chi connectivity index (χ2v) is 6.96. The van der Waals surface area contributed by atoms with Crippen molar-refractivity contribution in [3.8, 4) is 0 Å². The van der Waals surface area contributed by atoms with Crippen molar-refractivity contribution in [1.29, 1.82) is 0 Å². The SMILES string of the molecule is CCCNC(=O)[C@@H]1CCCN(C(=O)N[C@H]2CCc3cc(F)ccc32)C1. The minimum atomic E-state index is -0.234. The lowest BCUT2D eigenvalue weighted by Crippen LogP contribution is -2.49. The quantitative estimate of drug-likeness (QED) is 0.880. The van der Waals surface area contributed by atoms with Crippen LogP contribution in [-0.4, -0.2) is 36.5 Å². The van der Waals surface area contributed by atoms with Gasteiger partial charge in [-0.1, -0.05) is 13.0 Å². The van der Waals surface area contributed by atoms with Crippen molar-refractivity contribution in [3.05, 3.63) is 35.1 Å². The number of likely N-dealkylation sites (tertiary alicyclic amines) is 1. The summed E-state index contributed by atoms with van der Waals surface area (Å²) in [5.41, 5.74) is 1.98. The van der Waals surface area contributed by atoms with E-state index in [1.165, 1.54) is 6.07 Å². The van der Waals surface area contributed by atoms with Crippen LogP contribution in [0.5, 0.6) is 0 Å². The maximum Gasteiger partial charge on any atom is 0.317 e. The molecule has 1 saturated heterocycles. The molecule has 0 radical (unpaired) electrons. The number of hydrogen-bond donors (Lipinski definition) is 2. The molecule has 1 heterocycles. The van der Waals surface area contributed by atoms with Crippen molar-refractivity contribution in [2.75, 3.05) is 19.6 Å². The maximum absolute atomic E-state index is 13.3. The molecule has 2 aliphatic rings. The molecule has 0 aromatic heterocycles. The number of carbonyl (C=O) groups is 2. The lowest BCUT2D eigenvalue weighted by atomic mass is 9.97. The zero-order valence-corrected chi connectivity index (χ0v) is 14.7. The molecular formula is C19H26FN3O2. The molecule has 6 heteroatoms. The van der Waals surface area contributed by atoms with Gasteiger partial charge in [-0.3, -0.25) is 4.79 Å². The Hall–Kier alpha value is -2.11. The summed E-state index contributed by atoms with van der Waals surface area (Å²) in [5.74, 6) is -0.320. The van der Waals surface area contributed by atoms with Crippen LogP contribution in [-0.2, 0) is 11.2 Å². The maximum atomic E-state index is 13.3. The first kappa shape index (κ1) is 17.7. The Morgan fingerprint density at radius 3 is 2.96 bits per heavy atom. The van der Waals surface area contributed by atoms with Crippen molar-refractivity contribution in [3.63, 3.8) is 0 Å². The van der Waals surface area contributed by atoms with Crippen LogP contribution in [0, 0.1) is 11.7 Å². The zero-order chi connectivity index (χ0) is 17.8. The van der Waals surface area contributed by atoms with Crippen LogP contribution in [0.2, 0.25) is 0 Å². The van der Waals surface area contributed by atoms with Gasteiger partial charge in [0.05, 0.1) is 12.0 Å². The van der Waals surface area contributed by atoms with Gasteiger partial charge in [0.15, 0.2) is 0 Å². The Morgan fingerprint density at radius 2 is 2.16 bits per heavy atom. The van der Waals surface area contributed by atoms with E-state index in [0.717, 1.165) is 43.2 Å². The first-order chi connectivity index (χ1) is 12.1. The van der Waals surface area contributed by atoms with E-state index in [4.69, 9.17) is 0 Å². The van der Waals surface area contributed by atoms with Gasteiger partial charge in [-0.05, 0) is 55.4 Å². The molecule has 0 spiro atoms. The van der Waals surface area contributed by atoms with E-state index >= 15 is 0 Å². The molecule has 0 saturated carbocycles. The van der Waals surface area contributed by atoms with Crippen LogP contribution in [0.1, 0.15) is 49.8 Å². The van der Waals surface area contributed by atoms with E-state index in [9.17, 15) is 14.0 Å². The average Bonchev–Trinajstić information content (AvgIpc) is 3.01. The number of fused-ring (bicyclic) bond motifs is 1. The number of piperidine rings is 1. The van der Waals surface area contributed by atoms with E-state index < -0.39 is 0 Å². The molecule has 25 heavy (non-hydrogen) atoms. The predicted molar refractivity (Wildman–Crippen MR) is 93.6 cm³/mol. The fourth-order valence-electron chi connectivity index (χ4n) is 3.74. The molecule has 1 aromatic rings. The third-order valence-electron chi connectivity index (χ3n) is 5.11. The normalized spacial score (nSPS) is 22.4. The van der Waals surface area contributed by atoms with E-state index in [1.807, 2.05) is 6.92 Å². The Balaban J connectivity index is 1.58. The highest BCUT2D eigenvalue weighted by Gasteiger charge is 2.31. The number of amides is 3. The van der Waals surface area contributed by atoms with Crippen molar-refractivity contribution in [1.82, 2.24) is 15.5 Å². The van der Waals surface area contributed by atoms with Crippen molar-refractivity contribution in [2.24, 2.45) is 5.92 Å². The number of hydrogen-bond acceptors (Lipinski definition) is 2. The van der Waals surface area contributed by atoms with E-state index in [0.29, 0.717) is 19.6 Å². The number of benzene rings is 1. The standard InChI is InChI=1S/C19H26FN3O2/c1-2-9-21-18(24)14-4-3-10-23(12-14)19(25)22-17-8-5-13-11-15(20)6-7-16(13)17/h6-7,11,14,17H,2-5,8-10,12H2,1H3,(H,21,24)(H,22,25)/t14-,17+/m1/s1. The molecule has 3 rings (SSSR count). The van der Waals surface area contributed by atoms with E-state index in [-0.39, 0.29) is 29.7 Å². The average molecular weight is 347 g/mol. The van der Waals surface area contributed by atoms with Crippen LogP contribution in [0.25, 0.3) is 0 Å². The minimum absolute atomic E-state index is 0.0426. The summed E-state index contributed by atoms with van der Waals surface area (Å²) >= 11 is 0. The summed E-state index contributed by atoms with van der Waals surface area (Å²) in [6.45, 7) is 3.83. The third kappa shape index (κ3) is 4.11. The molecule has 5 nitrogen and oxygen atoms in total. The summed E-state index contributed by atoms with van der Waals surface area (Å²) in [5, 5.41) is 5.98. The van der Waals surface area contributed by atoms with Gasteiger partial charge in [0.25, 0.3) is 0 Å². The van der Waals surface area contributed by atoms with E-state index in [1.54, 1.807) is 17.0 Å². The van der Waals surface area contributed by atoms with Gasteiger partial charge in [0.2, 0.25) is 5.91 Å². The second-order valence-electron chi connectivity index (χ2n) is 6.96. The summed E-state index contributed by atoms with van der Waals surface area (Å²) in [4.78, 5) is 26.5. The number of halogens is 1. The van der Waals surface area contributed by atoms with E-state index in [2.05, 4.69) is 10.6 Å². The van der Waals surface area contributed by atoms with Gasteiger partial charge in [-0.15, -0.1) is 0 Å². The summed E-state index contributed by atoms with van der Waals surface area (Å²) in [7, 11) is 0. The summed E-state index contributed by atoms with van der Waals surface area (Å²) < 4.78 is 13.3.